The van der Waals surface area contributed by atoms with Crippen molar-refractivity contribution in [2.24, 2.45) is 5.73 Å². The summed E-state index contributed by atoms with van der Waals surface area (Å²) in [6.45, 7) is 1.78. The van der Waals surface area contributed by atoms with Crippen molar-refractivity contribution in [2.45, 2.75) is 19.4 Å². The first-order valence-electron chi connectivity index (χ1n) is 5.75. The molecule has 4 nitrogen and oxygen atoms in total. The maximum absolute atomic E-state index is 13.6. The van der Waals surface area contributed by atoms with E-state index in [0.29, 0.717) is 5.56 Å². The molecule has 5 heteroatoms. The van der Waals surface area contributed by atoms with E-state index in [0.717, 1.165) is 25.9 Å². The first-order valence-corrected chi connectivity index (χ1v) is 5.75. The van der Waals surface area contributed by atoms with Crippen molar-refractivity contribution in [2.75, 3.05) is 18.4 Å². The van der Waals surface area contributed by atoms with Gasteiger partial charge in [-0.05, 0) is 30.5 Å². The Morgan fingerprint density at radius 2 is 2.12 bits per heavy atom. The van der Waals surface area contributed by atoms with E-state index in [9.17, 15) is 9.18 Å². The van der Waals surface area contributed by atoms with Gasteiger partial charge < -0.3 is 16.0 Å². The molecule has 3 N–H and O–H groups in total. The highest BCUT2D eigenvalue weighted by molar-refractivity contribution is 5.89. The number of anilines is 1. The Kier molecular flexibility index (Phi) is 3.58. The summed E-state index contributed by atoms with van der Waals surface area (Å²) in [5, 5.41) is 2.57. The molecule has 1 aliphatic heterocycles. The van der Waals surface area contributed by atoms with Crippen LogP contribution in [0, 0.1) is 5.82 Å². The summed E-state index contributed by atoms with van der Waals surface area (Å²) in [7, 11) is 0. The normalized spacial score (nSPS) is 15.1. The largest absolute Gasteiger partial charge is 0.326 e. The summed E-state index contributed by atoms with van der Waals surface area (Å²) in [6.07, 6.45) is 2.03. The third-order valence-electron chi connectivity index (χ3n) is 2.90. The SMILES string of the molecule is NCc1ccc(NC(=O)N2CCCC2)c(F)c1. The molecule has 0 aromatic heterocycles. The van der Waals surface area contributed by atoms with Gasteiger partial charge in [0.2, 0.25) is 0 Å². The van der Waals surface area contributed by atoms with Crippen molar-refractivity contribution < 1.29 is 9.18 Å². The Morgan fingerprint density at radius 1 is 1.41 bits per heavy atom. The molecule has 92 valence electrons. The van der Waals surface area contributed by atoms with Crippen LogP contribution in [0.4, 0.5) is 14.9 Å². The molecule has 0 unspecified atom stereocenters. The van der Waals surface area contributed by atoms with Gasteiger partial charge in [0.1, 0.15) is 5.82 Å². The second kappa shape index (κ2) is 5.14. The predicted molar refractivity (Wildman–Crippen MR) is 64.1 cm³/mol. The molecular formula is C12H16FN3O. The average Bonchev–Trinajstić information content (AvgIpc) is 2.85. The standard InChI is InChI=1S/C12H16FN3O/c13-10-7-9(8-14)3-4-11(10)15-12(17)16-5-1-2-6-16/h3-4,7H,1-2,5-6,8,14H2,(H,15,17). The second-order valence-electron chi connectivity index (χ2n) is 4.14. The number of carbonyl (C=O) groups is 1. The number of nitrogens with two attached hydrogens (primary N) is 1. The number of likely N-dealkylation sites (tertiary alicyclic amines) is 1. The van der Waals surface area contributed by atoms with Gasteiger partial charge in [-0.1, -0.05) is 6.07 Å². The third kappa shape index (κ3) is 2.74. The van der Waals surface area contributed by atoms with Crippen LogP contribution in [0.25, 0.3) is 0 Å². The minimum absolute atomic E-state index is 0.208. The lowest BCUT2D eigenvalue weighted by Gasteiger charge is -2.16. The molecule has 1 heterocycles. The summed E-state index contributed by atoms with van der Waals surface area (Å²) >= 11 is 0. The zero-order valence-electron chi connectivity index (χ0n) is 9.58. The molecule has 1 aromatic carbocycles. The van der Waals surface area contributed by atoms with Gasteiger partial charge >= 0.3 is 6.03 Å². The predicted octanol–water partition coefficient (Wildman–Crippen LogP) is 1.91. The fraction of sp³-hybridized carbons (Fsp3) is 0.417. The van der Waals surface area contributed by atoms with Gasteiger partial charge in [-0.3, -0.25) is 0 Å². The molecule has 0 saturated carbocycles. The van der Waals surface area contributed by atoms with Crippen LogP contribution in [0.1, 0.15) is 18.4 Å². The van der Waals surface area contributed by atoms with E-state index in [1.807, 2.05) is 0 Å². The van der Waals surface area contributed by atoms with Gasteiger partial charge in [0.05, 0.1) is 5.69 Å². The lowest BCUT2D eigenvalue weighted by molar-refractivity contribution is 0.222. The maximum atomic E-state index is 13.6. The fourth-order valence-electron chi connectivity index (χ4n) is 1.90. The van der Waals surface area contributed by atoms with Crippen LogP contribution in [-0.2, 0) is 6.54 Å². The number of nitrogens with one attached hydrogen (secondary N) is 1. The molecule has 0 aliphatic carbocycles. The first kappa shape index (κ1) is 11.9. The minimum atomic E-state index is -0.444. The van der Waals surface area contributed by atoms with Crippen molar-refractivity contribution in [1.82, 2.24) is 4.90 Å². The van der Waals surface area contributed by atoms with Crippen molar-refractivity contribution in [1.29, 1.82) is 0 Å². The van der Waals surface area contributed by atoms with E-state index in [1.165, 1.54) is 6.07 Å². The Balaban J connectivity index is 2.05. The summed E-state index contributed by atoms with van der Waals surface area (Å²) in [4.78, 5) is 13.4. The molecule has 1 fully saturated rings. The number of amides is 2. The summed E-state index contributed by atoms with van der Waals surface area (Å²) < 4.78 is 13.6. The van der Waals surface area contributed by atoms with Crippen LogP contribution in [0.2, 0.25) is 0 Å². The highest BCUT2D eigenvalue weighted by Crippen LogP contribution is 2.17. The Labute approximate surface area is 99.6 Å². The Morgan fingerprint density at radius 3 is 2.71 bits per heavy atom. The van der Waals surface area contributed by atoms with Gasteiger partial charge in [0.15, 0.2) is 0 Å². The van der Waals surface area contributed by atoms with Gasteiger partial charge in [-0.25, -0.2) is 9.18 Å². The van der Waals surface area contributed by atoms with E-state index < -0.39 is 5.82 Å². The molecular weight excluding hydrogens is 221 g/mol. The molecule has 0 atom stereocenters. The fourth-order valence-corrected chi connectivity index (χ4v) is 1.90. The zero-order valence-corrected chi connectivity index (χ0v) is 9.58. The van der Waals surface area contributed by atoms with Crippen molar-refractivity contribution in [3.8, 4) is 0 Å². The van der Waals surface area contributed by atoms with Gasteiger partial charge in [-0.15, -0.1) is 0 Å². The lowest BCUT2D eigenvalue weighted by atomic mass is 10.2. The number of benzene rings is 1. The van der Waals surface area contributed by atoms with Crippen LogP contribution in [0.3, 0.4) is 0 Å². The topological polar surface area (TPSA) is 58.4 Å². The summed E-state index contributed by atoms with van der Waals surface area (Å²) in [5.41, 5.74) is 6.32. The summed E-state index contributed by atoms with van der Waals surface area (Å²) in [5.74, 6) is -0.444. The van der Waals surface area contributed by atoms with E-state index in [1.54, 1.807) is 17.0 Å². The minimum Gasteiger partial charge on any atom is -0.326 e. The van der Waals surface area contributed by atoms with Crippen LogP contribution < -0.4 is 11.1 Å². The summed E-state index contributed by atoms with van der Waals surface area (Å²) in [6, 6.07) is 4.37. The molecule has 1 aliphatic rings. The number of halogens is 1. The first-order chi connectivity index (χ1) is 8.20. The highest BCUT2D eigenvalue weighted by atomic mass is 19.1. The van der Waals surface area contributed by atoms with Crippen molar-refractivity contribution in [3.63, 3.8) is 0 Å². The van der Waals surface area contributed by atoms with Crippen molar-refractivity contribution in [3.05, 3.63) is 29.6 Å². The van der Waals surface area contributed by atoms with Gasteiger partial charge in [-0.2, -0.15) is 0 Å². The van der Waals surface area contributed by atoms with E-state index in [-0.39, 0.29) is 18.3 Å². The molecule has 0 spiro atoms. The molecule has 1 aromatic rings. The van der Waals surface area contributed by atoms with E-state index >= 15 is 0 Å². The van der Waals surface area contributed by atoms with Gasteiger partial charge in [0, 0.05) is 19.6 Å². The third-order valence-corrected chi connectivity index (χ3v) is 2.90. The van der Waals surface area contributed by atoms with Crippen LogP contribution >= 0.6 is 0 Å². The monoisotopic (exact) mass is 237 g/mol. The smallest absolute Gasteiger partial charge is 0.321 e. The number of hydrogen-bond acceptors (Lipinski definition) is 2. The zero-order chi connectivity index (χ0) is 12.3. The molecule has 1 saturated heterocycles. The number of rotatable bonds is 2. The number of urea groups is 1. The van der Waals surface area contributed by atoms with Crippen LogP contribution in [-0.4, -0.2) is 24.0 Å². The number of hydrogen-bond donors (Lipinski definition) is 2. The van der Waals surface area contributed by atoms with E-state index in [4.69, 9.17) is 5.73 Å². The molecule has 0 radical (unpaired) electrons. The molecule has 2 amide bonds. The number of carbonyl (C=O) groups excluding carboxylic acids is 1. The Bertz CT molecular complexity index is 416. The number of nitrogens with zero attached hydrogens (tertiary/aromatic N) is 1. The van der Waals surface area contributed by atoms with Gasteiger partial charge in [0.25, 0.3) is 0 Å². The molecule has 17 heavy (non-hydrogen) atoms. The maximum Gasteiger partial charge on any atom is 0.321 e. The van der Waals surface area contributed by atoms with Crippen molar-refractivity contribution >= 4 is 11.7 Å². The average molecular weight is 237 g/mol. The lowest BCUT2D eigenvalue weighted by Crippen LogP contribution is -2.32. The molecule has 2 rings (SSSR count). The highest BCUT2D eigenvalue weighted by Gasteiger charge is 2.18. The quantitative estimate of drug-likeness (QED) is 0.825. The van der Waals surface area contributed by atoms with Crippen LogP contribution in [0.15, 0.2) is 18.2 Å². The van der Waals surface area contributed by atoms with Crippen LogP contribution in [0.5, 0.6) is 0 Å². The van der Waals surface area contributed by atoms with E-state index in [2.05, 4.69) is 5.32 Å². The molecule has 0 bridgehead atoms. The second-order valence-corrected chi connectivity index (χ2v) is 4.14. The Hall–Kier alpha value is -1.62.